The van der Waals surface area contributed by atoms with Crippen LogP contribution in [-0.4, -0.2) is 33.9 Å². The van der Waals surface area contributed by atoms with E-state index in [4.69, 9.17) is 9.15 Å². The van der Waals surface area contributed by atoms with Crippen LogP contribution in [0.15, 0.2) is 59.5 Å². The maximum atomic E-state index is 12.4. The summed E-state index contributed by atoms with van der Waals surface area (Å²) in [5.74, 6) is 1.53. The van der Waals surface area contributed by atoms with Crippen LogP contribution in [0.2, 0.25) is 0 Å². The summed E-state index contributed by atoms with van der Waals surface area (Å²) in [6, 6.07) is 12.1. The van der Waals surface area contributed by atoms with E-state index in [1.165, 1.54) is 6.26 Å². The summed E-state index contributed by atoms with van der Waals surface area (Å²) < 4.78 is 11.0. The molecule has 0 bridgehead atoms. The zero-order valence-electron chi connectivity index (χ0n) is 18.5. The summed E-state index contributed by atoms with van der Waals surface area (Å²) in [6.07, 6.45) is 4.83. The summed E-state index contributed by atoms with van der Waals surface area (Å²) in [6.45, 7) is 8.19. The van der Waals surface area contributed by atoms with Crippen LogP contribution in [0.25, 0.3) is 0 Å². The number of nitrogens with zero attached hydrogens (tertiary/aromatic N) is 3. The molecule has 31 heavy (non-hydrogen) atoms. The molecule has 2 heterocycles. The van der Waals surface area contributed by atoms with Gasteiger partial charge in [0, 0.05) is 31.5 Å². The Morgan fingerprint density at radius 3 is 2.68 bits per heavy atom. The largest absolute Gasteiger partial charge is 0.497 e. The monoisotopic (exact) mass is 422 g/mol. The van der Waals surface area contributed by atoms with Gasteiger partial charge in [0.1, 0.15) is 12.0 Å². The molecule has 0 aliphatic heterocycles. The number of hydrogen-bond acceptors (Lipinski definition) is 6. The van der Waals surface area contributed by atoms with Gasteiger partial charge in [-0.25, -0.2) is 4.98 Å². The number of rotatable bonds is 10. The molecule has 1 amide bonds. The minimum atomic E-state index is -0.268. The molecule has 7 nitrogen and oxygen atoms in total. The van der Waals surface area contributed by atoms with Crippen molar-refractivity contribution in [2.75, 3.05) is 7.11 Å². The van der Waals surface area contributed by atoms with Crippen LogP contribution in [0, 0.1) is 5.92 Å². The first-order valence-corrected chi connectivity index (χ1v) is 10.4. The average Bonchev–Trinajstić information content (AvgIpc) is 3.26. The number of amides is 1. The van der Waals surface area contributed by atoms with E-state index >= 15 is 0 Å². The van der Waals surface area contributed by atoms with Crippen molar-refractivity contribution in [1.82, 2.24) is 20.2 Å². The van der Waals surface area contributed by atoms with Crippen LogP contribution in [0.1, 0.15) is 48.3 Å². The fourth-order valence-corrected chi connectivity index (χ4v) is 3.21. The first-order chi connectivity index (χ1) is 15.0. The molecule has 0 fully saturated rings. The second kappa shape index (κ2) is 10.7. The smallest absolute Gasteiger partial charge is 0.273 e. The molecular formula is C24H30N4O3. The number of methoxy groups -OCH3 is 1. The highest BCUT2D eigenvalue weighted by atomic mass is 16.5. The molecule has 1 atom stereocenters. The van der Waals surface area contributed by atoms with E-state index in [1.807, 2.05) is 30.3 Å². The van der Waals surface area contributed by atoms with Crippen molar-refractivity contribution in [2.24, 2.45) is 5.92 Å². The number of aromatic nitrogens is 2. The first kappa shape index (κ1) is 22.5. The van der Waals surface area contributed by atoms with E-state index in [9.17, 15) is 4.79 Å². The summed E-state index contributed by atoms with van der Waals surface area (Å²) in [7, 11) is 1.67. The Kier molecular flexibility index (Phi) is 7.78. The van der Waals surface area contributed by atoms with Gasteiger partial charge in [-0.1, -0.05) is 32.0 Å². The molecule has 0 unspecified atom stereocenters. The van der Waals surface area contributed by atoms with Crippen LogP contribution in [0.3, 0.4) is 0 Å². The Bertz CT molecular complexity index is 972. The van der Waals surface area contributed by atoms with Crippen molar-refractivity contribution >= 4 is 5.91 Å². The maximum absolute atomic E-state index is 12.4. The number of carbonyl (C=O) groups is 1. The predicted octanol–water partition coefficient (Wildman–Crippen LogP) is 4.05. The SMILES string of the molecule is COc1cccc(CN(Cc2nc(C(=O)NCc3cccnc3)co2)[C@H](C)C(C)C)c1. The molecule has 1 aromatic carbocycles. The molecule has 0 saturated carbocycles. The lowest BCUT2D eigenvalue weighted by Gasteiger charge is -2.30. The van der Waals surface area contributed by atoms with Crippen LogP contribution in [0.4, 0.5) is 0 Å². The van der Waals surface area contributed by atoms with Gasteiger partial charge in [0.15, 0.2) is 5.69 Å². The molecule has 0 aliphatic rings. The van der Waals surface area contributed by atoms with Gasteiger partial charge in [-0.15, -0.1) is 0 Å². The number of benzene rings is 1. The minimum absolute atomic E-state index is 0.268. The minimum Gasteiger partial charge on any atom is -0.497 e. The summed E-state index contributed by atoms with van der Waals surface area (Å²) >= 11 is 0. The van der Waals surface area contributed by atoms with Gasteiger partial charge in [0.2, 0.25) is 5.89 Å². The van der Waals surface area contributed by atoms with Crippen molar-refractivity contribution in [3.63, 3.8) is 0 Å². The highest BCUT2D eigenvalue weighted by Crippen LogP contribution is 2.20. The van der Waals surface area contributed by atoms with E-state index < -0.39 is 0 Å². The third-order valence-electron chi connectivity index (χ3n) is 5.36. The Labute approximate surface area is 183 Å². The van der Waals surface area contributed by atoms with Crippen LogP contribution in [-0.2, 0) is 19.6 Å². The summed E-state index contributed by atoms with van der Waals surface area (Å²) in [5.41, 5.74) is 2.35. The molecule has 3 aromatic rings. The third-order valence-corrected chi connectivity index (χ3v) is 5.36. The Hall–Kier alpha value is -3.19. The van der Waals surface area contributed by atoms with Gasteiger partial charge in [0.25, 0.3) is 5.91 Å². The molecule has 0 aliphatic carbocycles. The quantitative estimate of drug-likeness (QED) is 0.531. The van der Waals surface area contributed by atoms with Crippen molar-refractivity contribution < 1.29 is 13.9 Å². The molecule has 0 radical (unpaired) electrons. The van der Waals surface area contributed by atoms with E-state index in [1.54, 1.807) is 19.5 Å². The lowest BCUT2D eigenvalue weighted by Crippen LogP contribution is -2.36. The standard InChI is InChI=1S/C24H30N4O3/c1-17(2)18(3)28(14-19-7-5-9-21(11-19)30-4)15-23-27-22(16-31-23)24(29)26-13-20-8-6-10-25-12-20/h5-12,16-18H,13-15H2,1-4H3,(H,26,29)/t18-/m1/s1. The lowest BCUT2D eigenvalue weighted by atomic mass is 10.0. The zero-order valence-corrected chi connectivity index (χ0v) is 18.5. The van der Waals surface area contributed by atoms with E-state index in [0.29, 0.717) is 30.9 Å². The van der Waals surface area contributed by atoms with Gasteiger partial charge in [-0.05, 0) is 42.2 Å². The Balaban J connectivity index is 1.66. The van der Waals surface area contributed by atoms with E-state index in [-0.39, 0.29) is 11.6 Å². The number of nitrogens with one attached hydrogen (secondary N) is 1. The van der Waals surface area contributed by atoms with Crippen molar-refractivity contribution in [1.29, 1.82) is 0 Å². The number of carbonyl (C=O) groups excluding carboxylic acids is 1. The van der Waals surface area contributed by atoms with Crippen LogP contribution < -0.4 is 10.1 Å². The maximum Gasteiger partial charge on any atom is 0.273 e. The number of oxazole rings is 1. The highest BCUT2D eigenvalue weighted by molar-refractivity contribution is 5.91. The molecule has 1 N–H and O–H groups in total. The summed E-state index contributed by atoms with van der Waals surface area (Å²) in [5, 5.41) is 2.85. The molecule has 2 aromatic heterocycles. The first-order valence-electron chi connectivity index (χ1n) is 10.4. The fourth-order valence-electron chi connectivity index (χ4n) is 3.21. The highest BCUT2D eigenvalue weighted by Gasteiger charge is 2.21. The third kappa shape index (κ3) is 6.39. The van der Waals surface area contributed by atoms with Crippen LogP contribution in [0.5, 0.6) is 5.75 Å². The number of ether oxygens (including phenoxy) is 1. The number of pyridine rings is 1. The van der Waals surface area contributed by atoms with E-state index in [2.05, 4.69) is 47.0 Å². The zero-order chi connectivity index (χ0) is 22.2. The Morgan fingerprint density at radius 1 is 1.16 bits per heavy atom. The van der Waals surface area contributed by atoms with Crippen molar-refractivity contribution in [3.05, 3.63) is 77.8 Å². The van der Waals surface area contributed by atoms with Crippen LogP contribution >= 0.6 is 0 Å². The topological polar surface area (TPSA) is 80.5 Å². The molecule has 3 rings (SSSR count). The molecule has 0 spiro atoms. The van der Waals surface area contributed by atoms with E-state index in [0.717, 1.165) is 23.4 Å². The number of hydrogen-bond donors (Lipinski definition) is 1. The van der Waals surface area contributed by atoms with Crippen molar-refractivity contribution in [2.45, 2.75) is 46.4 Å². The molecular weight excluding hydrogens is 392 g/mol. The molecule has 164 valence electrons. The van der Waals surface area contributed by atoms with Crippen molar-refractivity contribution in [3.8, 4) is 5.75 Å². The van der Waals surface area contributed by atoms with Gasteiger partial charge in [0.05, 0.1) is 13.7 Å². The lowest BCUT2D eigenvalue weighted by molar-refractivity contribution is 0.0945. The van der Waals surface area contributed by atoms with Gasteiger partial charge < -0.3 is 14.5 Å². The Morgan fingerprint density at radius 2 is 1.97 bits per heavy atom. The second-order valence-electron chi connectivity index (χ2n) is 7.91. The summed E-state index contributed by atoms with van der Waals surface area (Å²) in [4.78, 5) is 23.2. The van der Waals surface area contributed by atoms with Gasteiger partial charge in [-0.3, -0.25) is 14.7 Å². The normalized spacial score (nSPS) is 12.2. The van der Waals surface area contributed by atoms with Gasteiger partial charge in [-0.2, -0.15) is 0 Å². The second-order valence-corrected chi connectivity index (χ2v) is 7.91. The fraction of sp³-hybridized carbons (Fsp3) is 0.375. The molecule has 7 heteroatoms. The predicted molar refractivity (Wildman–Crippen MR) is 118 cm³/mol. The average molecular weight is 423 g/mol. The molecule has 0 saturated heterocycles. The van der Waals surface area contributed by atoms with Gasteiger partial charge >= 0.3 is 0 Å².